The second-order valence-electron chi connectivity index (χ2n) is 3.96. The molecule has 1 aromatic heterocycles. The van der Waals surface area contributed by atoms with Crippen LogP contribution in [-0.4, -0.2) is 13.4 Å². The predicted octanol–water partition coefficient (Wildman–Crippen LogP) is 4.63. The van der Waals surface area contributed by atoms with Crippen LogP contribution in [-0.2, 0) is 10.0 Å². The maximum Gasteiger partial charge on any atom is 0.266 e. The summed E-state index contributed by atoms with van der Waals surface area (Å²) in [5, 5.41) is 0.374. The standard InChI is InChI=1S/C11H9BrCl2N2O2S2/c1-5-6(2)19-11(15-5)16-20(17,18)10-8(13)3-7(12)4-9(10)14/h3-4H,1-2H3,(H,15,16). The minimum absolute atomic E-state index is 0.0434. The molecular formula is C11H9BrCl2N2O2S2. The van der Waals surface area contributed by atoms with E-state index in [-0.39, 0.29) is 20.1 Å². The molecule has 1 heterocycles. The van der Waals surface area contributed by atoms with E-state index in [2.05, 4.69) is 25.6 Å². The van der Waals surface area contributed by atoms with Gasteiger partial charge in [-0.2, -0.15) is 0 Å². The van der Waals surface area contributed by atoms with E-state index in [0.29, 0.717) is 4.47 Å². The molecular weight excluding hydrogens is 407 g/mol. The normalized spacial score (nSPS) is 11.7. The van der Waals surface area contributed by atoms with Crippen molar-refractivity contribution in [1.29, 1.82) is 0 Å². The van der Waals surface area contributed by atoms with Gasteiger partial charge in [0, 0.05) is 9.35 Å². The molecule has 0 bridgehead atoms. The number of rotatable bonds is 3. The van der Waals surface area contributed by atoms with E-state index < -0.39 is 10.0 Å². The summed E-state index contributed by atoms with van der Waals surface area (Å²) in [5.74, 6) is 0. The van der Waals surface area contributed by atoms with Crippen LogP contribution in [0.3, 0.4) is 0 Å². The van der Waals surface area contributed by atoms with Crippen molar-refractivity contribution in [3.63, 3.8) is 0 Å². The molecule has 0 aliphatic carbocycles. The van der Waals surface area contributed by atoms with Crippen molar-refractivity contribution in [3.05, 3.63) is 37.2 Å². The van der Waals surface area contributed by atoms with E-state index in [9.17, 15) is 8.42 Å². The number of nitrogens with one attached hydrogen (secondary N) is 1. The molecule has 9 heteroatoms. The van der Waals surface area contributed by atoms with Crippen molar-refractivity contribution in [2.24, 2.45) is 0 Å². The molecule has 4 nitrogen and oxygen atoms in total. The topological polar surface area (TPSA) is 59.1 Å². The first kappa shape index (κ1) is 16.0. The first-order valence-electron chi connectivity index (χ1n) is 5.32. The smallest absolute Gasteiger partial charge is 0.255 e. The van der Waals surface area contributed by atoms with E-state index in [0.717, 1.165) is 10.6 Å². The summed E-state index contributed by atoms with van der Waals surface area (Å²) >= 11 is 16.4. The van der Waals surface area contributed by atoms with Crippen molar-refractivity contribution in [2.45, 2.75) is 18.7 Å². The lowest BCUT2D eigenvalue weighted by molar-refractivity contribution is 0.601. The lowest BCUT2D eigenvalue weighted by Crippen LogP contribution is -2.14. The van der Waals surface area contributed by atoms with E-state index in [1.807, 2.05) is 13.8 Å². The number of nitrogens with zero attached hydrogens (tertiary/aromatic N) is 1. The van der Waals surface area contributed by atoms with Gasteiger partial charge in [0.1, 0.15) is 4.90 Å². The number of halogens is 3. The summed E-state index contributed by atoms with van der Waals surface area (Å²) in [6, 6.07) is 2.95. The molecule has 2 rings (SSSR count). The van der Waals surface area contributed by atoms with Gasteiger partial charge in [0.25, 0.3) is 10.0 Å². The molecule has 0 saturated heterocycles. The fraction of sp³-hybridized carbons (Fsp3) is 0.182. The van der Waals surface area contributed by atoms with Gasteiger partial charge in [0.15, 0.2) is 5.13 Å². The molecule has 1 N–H and O–H groups in total. The Morgan fingerprint density at radius 3 is 2.25 bits per heavy atom. The first-order chi connectivity index (χ1) is 9.20. The number of hydrogen-bond acceptors (Lipinski definition) is 4. The molecule has 0 saturated carbocycles. The summed E-state index contributed by atoms with van der Waals surface area (Å²) < 4.78 is 27.7. The molecule has 0 aliphatic rings. The maximum atomic E-state index is 12.3. The van der Waals surface area contributed by atoms with Crippen LogP contribution in [0.5, 0.6) is 0 Å². The van der Waals surface area contributed by atoms with Crippen LogP contribution in [0.15, 0.2) is 21.5 Å². The van der Waals surface area contributed by atoms with Crippen molar-refractivity contribution in [2.75, 3.05) is 4.72 Å². The van der Waals surface area contributed by atoms with E-state index in [1.54, 1.807) is 0 Å². The Labute approximate surface area is 139 Å². The van der Waals surface area contributed by atoms with E-state index >= 15 is 0 Å². The quantitative estimate of drug-likeness (QED) is 0.794. The highest BCUT2D eigenvalue weighted by Gasteiger charge is 2.23. The number of sulfonamides is 1. The summed E-state index contributed by atoms with van der Waals surface area (Å²) in [4.78, 5) is 4.91. The lowest BCUT2D eigenvalue weighted by atomic mass is 10.4. The monoisotopic (exact) mass is 414 g/mol. The van der Waals surface area contributed by atoms with Crippen LogP contribution in [0, 0.1) is 13.8 Å². The summed E-state index contributed by atoms with van der Waals surface area (Å²) in [6.07, 6.45) is 0. The molecule has 0 radical (unpaired) electrons. The van der Waals surface area contributed by atoms with Crippen LogP contribution in [0.4, 0.5) is 5.13 Å². The van der Waals surface area contributed by atoms with Crippen LogP contribution in [0.1, 0.15) is 10.6 Å². The Morgan fingerprint density at radius 1 is 1.25 bits per heavy atom. The number of thiazole rings is 1. The summed E-state index contributed by atoms with van der Waals surface area (Å²) in [6.45, 7) is 3.67. The van der Waals surface area contributed by atoms with Gasteiger partial charge >= 0.3 is 0 Å². The van der Waals surface area contributed by atoms with Crippen LogP contribution in [0.2, 0.25) is 10.0 Å². The predicted molar refractivity (Wildman–Crippen MR) is 86.6 cm³/mol. The zero-order valence-corrected chi connectivity index (χ0v) is 15.1. The van der Waals surface area contributed by atoms with Crippen LogP contribution >= 0.6 is 50.5 Å². The van der Waals surface area contributed by atoms with Crippen molar-refractivity contribution < 1.29 is 8.42 Å². The highest BCUT2D eigenvalue weighted by molar-refractivity contribution is 9.10. The average molecular weight is 416 g/mol. The minimum Gasteiger partial charge on any atom is -0.255 e. The zero-order chi connectivity index (χ0) is 15.1. The molecule has 108 valence electrons. The Morgan fingerprint density at radius 2 is 1.80 bits per heavy atom. The van der Waals surface area contributed by atoms with E-state index in [1.165, 1.54) is 23.5 Å². The number of anilines is 1. The molecule has 0 amide bonds. The van der Waals surface area contributed by atoms with Gasteiger partial charge in [-0.05, 0) is 26.0 Å². The molecule has 0 atom stereocenters. The molecule has 1 aromatic carbocycles. The third kappa shape index (κ3) is 3.28. The van der Waals surface area contributed by atoms with E-state index in [4.69, 9.17) is 23.2 Å². The van der Waals surface area contributed by atoms with Crippen LogP contribution in [0.25, 0.3) is 0 Å². The van der Waals surface area contributed by atoms with Gasteiger partial charge in [-0.25, -0.2) is 13.4 Å². The largest absolute Gasteiger partial charge is 0.266 e. The first-order valence-corrected chi connectivity index (χ1v) is 9.17. The zero-order valence-electron chi connectivity index (χ0n) is 10.4. The lowest BCUT2D eigenvalue weighted by Gasteiger charge is -2.09. The number of hydrogen-bond donors (Lipinski definition) is 1. The summed E-state index contributed by atoms with van der Waals surface area (Å²) in [7, 11) is -3.88. The number of aryl methyl sites for hydroxylation is 2. The second kappa shape index (κ2) is 5.81. The third-order valence-corrected chi connectivity index (χ3v) is 6.32. The molecule has 0 fully saturated rings. The van der Waals surface area contributed by atoms with Crippen molar-refractivity contribution >= 4 is 65.6 Å². The molecule has 20 heavy (non-hydrogen) atoms. The Balaban J connectivity index is 2.46. The van der Waals surface area contributed by atoms with Gasteiger partial charge in [0.2, 0.25) is 0 Å². The second-order valence-corrected chi connectivity index (χ2v) is 8.52. The average Bonchev–Trinajstić information content (AvgIpc) is 2.54. The van der Waals surface area contributed by atoms with Gasteiger partial charge in [-0.1, -0.05) is 39.1 Å². The van der Waals surface area contributed by atoms with Gasteiger partial charge in [0.05, 0.1) is 15.7 Å². The Kier molecular flexibility index (Phi) is 4.66. The van der Waals surface area contributed by atoms with Crippen molar-refractivity contribution in [1.82, 2.24) is 4.98 Å². The number of benzene rings is 1. The Hall–Kier alpha value is -0.340. The fourth-order valence-electron chi connectivity index (χ4n) is 1.47. The van der Waals surface area contributed by atoms with Crippen molar-refractivity contribution in [3.8, 4) is 0 Å². The molecule has 0 unspecified atom stereocenters. The highest BCUT2D eigenvalue weighted by atomic mass is 79.9. The van der Waals surface area contributed by atoms with Gasteiger partial charge in [-0.3, -0.25) is 4.72 Å². The molecule has 0 spiro atoms. The maximum absolute atomic E-state index is 12.3. The number of aromatic nitrogens is 1. The van der Waals surface area contributed by atoms with Gasteiger partial charge < -0.3 is 0 Å². The molecule has 0 aliphatic heterocycles. The SMILES string of the molecule is Cc1nc(NS(=O)(=O)c2c(Cl)cc(Br)cc2Cl)sc1C. The fourth-order valence-corrected chi connectivity index (χ4v) is 5.46. The third-order valence-electron chi connectivity index (χ3n) is 2.48. The highest BCUT2D eigenvalue weighted by Crippen LogP contribution is 2.34. The minimum atomic E-state index is -3.88. The van der Waals surface area contributed by atoms with Gasteiger partial charge in [-0.15, -0.1) is 11.3 Å². The molecule has 2 aromatic rings. The van der Waals surface area contributed by atoms with Crippen LogP contribution < -0.4 is 4.72 Å². The Bertz CT molecular complexity index is 732. The summed E-state index contributed by atoms with van der Waals surface area (Å²) in [5.41, 5.74) is 0.778.